The van der Waals surface area contributed by atoms with Crippen LogP contribution in [0.4, 0.5) is 0 Å². The van der Waals surface area contributed by atoms with E-state index in [1.54, 1.807) is 0 Å². The van der Waals surface area contributed by atoms with Crippen LogP contribution in [0, 0.1) is 0 Å². The second-order valence-electron chi connectivity index (χ2n) is 2.91. The van der Waals surface area contributed by atoms with Gasteiger partial charge in [0.1, 0.15) is 0 Å². The molecule has 1 rings (SSSR count). The molecule has 1 unspecified atom stereocenters. The lowest BCUT2D eigenvalue weighted by Crippen LogP contribution is -2.26. The van der Waals surface area contributed by atoms with Crippen molar-refractivity contribution in [1.82, 2.24) is 4.90 Å². The van der Waals surface area contributed by atoms with E-state index in [-0.39, 0.29) is 15.6 Å². The van der Waals surface area contributed by atoms with Gasteiger partial charge in [-0.2, -0.15) is 0 Å². The van der Waals surface area contributed by atoms with Crippen molar-refractivity contribution >= 4 is 9.52 Å². The average Bonchev–Trinajstić information content (AvgIpc) is 1.93. The predicted octanol–water partition coefficient (Wildman–Crippen LogP) is -0.702. The van der Waals surface area contributed by atoms with Crippen molar-refractivity contribution in [1.29, 1.82) is 0 Å². The van der Waals surface area contributed by atoms with Crippen LogP contribution in [0.2, 0.25) is 12.1 Å². The molecule has 1 N–H and O–H groups in total. The Morgan fingerprint density at radius 2 is 2.44 bits per heavy atom. The standard InChI is InChI=1S/C6H15NOSi/c1-7-2-3-9-5-6(8)4-7/h6,8H,2-5,9H2,1H3. The van der Waals surface area contributed by atoms with Gasteiger partial charge in [0.25, 0.3) is 0 Å². The monoisotopic (exact) mass is 145 g/mol. The third kappa shape index (κ3) is 2.47. The Kier molecular flexibility index (Phi) is 2.69. The van der Waals surface area contributed by atoms with E-state index in [4.69, 9.17) is 0 Å². The number of likely N-dealkylation sites (N-methyl/N-ethyl adjacent to an activating group) is 1. The van der Waals surface area contributed by atoms with Crippen LogP contribution in [0.25, 0.3) is 0 Å². The van der Waals surface area contributed by atoms with Gasteiger partial charge in [-0.05, 0) is 25.7 Å². The number of rotatable bonds is 0. The molecule has 1 fully saturated rings. The Morgan fingerprint density at radius 1 is 1.67 bits per heavy atom. The number of β-amino-alcohol motifs (C(OH)–C–C–N with tert-alkyl or cyclic N) is 1. The Balaban J connectivity index is 2.29. The molecule has 0 aromatic heterocycles. The van der Waals surface area contributed by atoms with Crippen LogP contribution in [-0.2, 0) is 0 Å². The zero-order valence-corrected chi connectivity index (χ0v) is 7.42. The summed E-state index contributed by atoms with van der Waals surface area (Å²) in [5.41, 5.74) is 0. The van der Waals surface area contributed by atoms with E-state index in [0.717, 1.165) is 12.6 Å². The molecule has 1 heterocycles. The summed E-state index contributed by atoms with van der Waals surface area (Å²) in [7, 11) is 2.19. The second kappa shape index (κ2) is 3.34. The molecule has 2 nitrogen and oxygen atoms in total. The minimum Gasteiger partial charge on any atom is -0.392 e. The number of nitrogens with zero attached hydrogens (tertiary/aromatic N) is 1. The van der Waals surface area contributed by atoms with E-state index >= 15 is 0 Å². The molecule has 54 valence electrons. The van der Waals surface area contributed by atoms with Crippen LogP contribution in [0.1, 0.15) is 0 Å². The summed E-state index contributed by atoms with van der Waals surface area (Å²) >= 11 is 0. The summed E-state index contributed by atoms with van der Waals surface area (Å²) in [6.45, 7) is 2.11. The van der Waals surface area contributed by atoms with Gasteiger partial charge < -0.3 is 10.0 Å². The maximum Gasteiger partial charge on any atom is 0.0638 e. The third-order valence-corrected chi connectivity index (χ3v) is 3.74. The Labute approximate surface area is 58.7 Å². The van der Waals surface area contributed by atoms with Gasteiger partial charge in [-0.1, -0.05) is 0 Å². The zero-order valence-electron chi connectivity index (χ0n) is 6.01. The zero-order chi connectivity index (χ0) is 6.69. The molecule has 1 aliphatic rings. The highest BCUT2D eigenvalue weighted by molar-refractivity contribution is 6.35. The molecular formula is C6H15NOSi. The minimum absolute atomic E-state index is 0.0100. The molecule has 9 heavy (non-hydrogen) atoms. The summed E-state index contributed by atoms with van der Waals surface area (Å²) in [5.74, 6) is 0. The van der Waals surface area contributed by atoms with Gasteiger partial charge in [0.2, 0.25) is 0 Å². The van der Waals surface area contributed by atoms with Crippen molar-refractivity contribution in [2.45, 2.75) is 18.2 Å². The molecule has 1 atom stereocenters. The molecular weight excluding hydrogens is 130 g/mol. The highest BCUT2D eigenvalue weighted by Crippen LogP contribution is 2.03. The third-order valence-electron chi connectivity index (χ3n) is 1.85. The van der Waals surface area contributed by atoms with Gasteiger partial charge in [0, 0.05) is 16.1 Å². The van der Waals surface area contributed by atoms with Crippen LogP contribution >= 0.6 is 0 Å². The van der Waals surface area contributed by atoms with Crippen LogP contribution < -0.4 is 0 Å². The first-order valence-corrected chi connectivity index (χ1v) is 5.65. The van der Waals surface area contributed by atoms with Crippen molar-refractivity contribution in [2.75, 3.05) is 20.1 Å². The lowest BCUT2D eigenvalue weighted by atomic mass is 10.4. The normalized spacial score (nSPS) is 34.7. The first kappa shape index (κ1) is 7.25. The van der Waals surface area contributed by atoms with Gasteiger partial charge in [0.05, 0.1) is 6.10 Å². The maximum atomic E-state index is 9.25. The summed E-state index contributed by atoms with van der Waals surface area (Å²) < 4.78 is 0. The topological polar surface area (TPSA) is 23.5 Å². The van der Waals surface area contributed by atoms with E-state index in [0.29, 0.717) is 0 Å². The highest BCUT2D eigenvalue weighted by Gasteiger charge is 2.11. The lowest BCUT2D eigenvalue weighted by Gasteiger charge is -2.14. The largest absolute Gasteiger partial charge is 0.392 e. The summed E-state index contributed by atoms with van der Waals surface area (Å²) in [6.07, 6.45) is -0.0100. The summed E-state index contributed by atoms with van der Waals surface area (Å²) in [4.78, 5) is 2.23. The fraction of sp³-hybridized carbons (Fsp3) is 1.00. The van der Waals surface area contributed by atoms with Crippen molar-refractivity contribution < 1.29 is 5.11 Å². The van der Waals surface area contributed by atoms with Gasteiger partial charge in [-0.25, -0.2) is 0 Å². The van der Waals surface area contributed by atoms with Crippen LogP contribution in [0.15, 0.2) is 0 Å². The quantitative estimate of drug-likeness (QED) is 0.456. The minimum atomic E-state index is -0.0100. The first-order chi connectivity index (χ1) is 4.29. The van der Waals surface area contributed by atoms with E-state index < -0.39 is 0 Å². The van der Waals surface area contributed by atoms with Crippen LogP contribution in [0.3, 0.4) is 0 Å². The van der Waals surface area contributed by atoms with Crippen molar-refractivity contribution in [3.8, 4) is 0 Å². The number of aliphatic hydroxyl groups excluding tert-OH is 1. The molecule has 0 aromatic rings. The molecule has 0 aliphatic carbocycles. The Morgan fingerprint density at radius 3 is 3.22 bits per heavy atom. The second-order valence-corrected chi connectivity index (χ2v) is 4.90. The van der Waals surface area contributed by atoms with Crippen LogP contribution in [0.5, 0.6) is 0 Å². The van der Waals surface area contributed by atoms with Crippen molar-refractivity contribution in [2.24, 2.45) is 0 Å². The van der Waals surface area contributed by atoms with Gasteiger partial charge in [-0.15, -0.1) is 0 Å². The van der Waals surface area contributed by atoms with Gasteiger partial charge in [-0.3, -0.25) is 0 Å². The summed E-state index contributed by atoms with van der Waals surface area (Å²) in [6, 6.07) is 2.51. The number of hydrogen-bond acceptors (Lipinski definition) is 2. The molecule has 0 amide bonds. The SMILES string of the molecule is CN1CC[SiH2]CC(O)C1. The highest BCUT2D eigenvalue weighted by atomic mass is 28.2. The maximum absolute atomic E-state index is 9.25. The average molecular weight is 145 g/mol. The lowest BCUT2D eigenvalue weighted by molar-refractivity contribution is 0.149. The van der Waals surface area contributed by atoms with E-state index in [9.17, 15) is 5.11 Å². The summed E-state index contributed by atoms with van der Waals surface area (Å²) in [5, 5.41) is 9.25. The molecule has 0 saturated carbocycles. The predicted molar refractivity (Wildman–Crippen MR) is 41.7 cm³/mol. The molecule has 1 aliphatic heterocycles. The van der Waals surface area contributed by atoms with Crippen molar-refractivity contribution in [3.63, 3.8) is 0 Å². The Hall–Kier alpha value is 0.137. The van der Waals surface area contributed by atoms with Gasteiger partial charge in [0.15, 0.2) is 0 Å². The fourth-order valence-electron chi connectivity index (χ4n) is 1.30. The number of hydrogen-bond donors (Lipinski definition) is 1. The molecule has 0 spiro atoms. The van der Waals surface area contributed by atoms with Crippen molar-refractivity contribution in [3.05, 3.63) is 0 Å². The van der Waals surface area contributed by atoms with Crippen LogP contribution in [-0.4, -0.2) is 45.8 Å². The van der Waals surface area contributed by atoms with E-state index in [1.807, 2.05) is 0 Å². The Bertz CT molecular complexity index is 79.1. The van der Waals surface area contributed by atoms with E-state index in [2.05, 4.69) is 11.9 Å². The smallest absolute Gasteiger partial charge is 0.0638 e. The number of aliphatic hydroxyl groups is 1. The van der Waals surface area contributed by atoms with E-state index in [1.165, 1.54) is 12.6 Å². The molecule has 0 radical (unpaired) electrons. The first-order valence-electron chi connectivity index (χ1n) is 3.65. The molecule has 0 aromatic carbocycles. The van der Waals surface area contributed by atoms with Gasteiger partial charge >= 0.3 is 0 Å². The fourth-order valence-corrected chi connectivity index (χ4v) is 3.01. The molecule has 3 heteroatoms. The molecule has 0 bridgehead atoms. The molecule has 1 saturated heterocycles.